The van der Waals surface area contributed by atoms with Gasteiger partial charge in [0, 0.05) is 5.69 Å². The standard InChI is InChI=1S/C13H8N6O/c14-4-10-12(5-15)19(6-17-10)11-3-9-7(1-8(11)16)2-13(20)18-9/h1,3,6H,2,16H2,(H,18,20). The average Bonchev–Trinajstić information content (AvgIpc) is 2.98. The Morgan fingerprint density at radius 3 is 2.85 bits per heavy atom. The number of benzene rings is 1. The predicted octanol–water partition coefficient (Wildman–Crippen LogP) is 0.692. The molecule has 1 aliphatic rings. The van der Waals surface area contributed by atoms with Gasteiger partial charge in [0.15, 0.2) is 11.4 Å². The fraction of sp³-hybridized carbons (Fsp3) is 0.0769. The van der Waals surface area contributed by atoms with Gasteiger partial charge in [-0.15, -0.1) is 0 Å². The van der Waals surface area contributed by atoms with Crippen LogP contribution in [-0.4, -0.2) is 15.5 Å². The third-order valence-electron chi connectivity index (χ3n) is 3.12. The molecule has 3 N–H and O–H groups in total. The minimum absolute atomic E-state index is 0.0384. The summed E-state index contributed by atoms with van der Waals surface area (Å²) in [6.45, 7) is 0. The number of nitrogens with one attached hydrogen (secondary N) is 1. The van der Waals surface area contributed by atoms with Crippen molar-refractivity contribution in [3.63, 3.8) is 0 Å². The first-order chi connectivity index (χ1) is 9.63. The van der Waals surface area contributed by atoms with Gasteiger partial charge in [-0.1, -0.05) is 0 Å². The molecular formula is C13H8N6O. The number of hydrogen-bond acceptors (Lipinski definition) is 5. The van der Waals surface area contributed by atoms with Crippen molar-refractivity contribution in [3.8, 4) is 17.8 Å². The van der Waals surface area contributed by atoms with E-state index in [-0.39, 0.29) is 23.7 Å². The minimum Gasteiger partial charge on any atom is -0.397 e. The van der Waals surface area contributed by atoms with E-state index >= 15 is 0 Å². The summed E-state index contributed by atoms with van der Waals surface area (Å²) in [7, 11) is 0. The zero-order chi connectivity index (χ0) is 14.3. The van der Waals surface area contributed by atoms with Crippen molar-refractivity contribution in [3.05, 3.63) is 35.4 Å². The second-order valence-corrected chi connectivity index (χ2v) is 4.33. The van der Waals surface area contributed by atoms with Gasteiger partial charge in [0.1, 0.15) is 18.5 Å². The number of nitrogen functional groups attached to an aromatic ring is 1. The highest BCUT2D eigenvalue weighted by molar-refractivity contribution is 6.00. The summed E-state index contributed by atoms with van der Waals surface area (Å²) < 4.78 is 1.44. The van der Waals surface area contributed by atoms with Crippen LogP contribution in [0, 0.1) is 22.7 Å². The molecule has 0 bridgehead atoms. The van der Waals surface area contributed by atoms with Crippen LogP contribution in [0.2, 0.25) is 0 Å². The van der Waals surface area contributed by atoms with E-state index in [0.29, 0.717) is 17.1 Å². The molecule has 0 atom stereocenters. The summed E-state index contributed by atoms with van der Waals surface area (Å²) in [6, 6.07) is 7.15. The summed E-state index contributed by atoms with van der Waals surface area (Å²) in [5, 5.41) is 20.8. The van der Waals surface area contributed by atoms with Crippen molar-refractivity contribution in [1.29, 1.82) is 10.5 Å². The van der Waals surface area contributed by atoms with Crippen molar-refractivity contribution in [2.45, 2.75) is 6.42 Å². The Bertz CT molecular complexity index is 821. The minimum atomic E-state index is -0.0969. The Hall–Kier alpha value is -3.32. The predicted molar refractivity (Wildman–Crippen MR) is 69.7 cm³/mol. The number of aromatic nitrogens is 2. The molecule has 1 aromatic carbocycles. The normalized spacial score (nSPS) is 12.4. The molecule has 0 radical (unpaired) electrons. The zero-order valence-corrected chi connectivity index (χ0v) is 10.2. The number of carbonyl (C=O) groups is 1. The van der Waals surface area contributed by atoms with E-state index in [9.17, 15) is 4.79 Å². The molecule has 0 spiro atoms. The second-order valence-electron chi connectivity index (χ2n) is 4.33. The highest BCUT2D eigenvalue weighted by Crippen LogP contribution is 2.31. The highest BCUT2D eigenvalue weighted by Gasteiger charge is 2.21. The van der Waals surface area contributed by atoms with Crippen LogP contribution in [0.3, 0.4) is 0 Å². The van der Waals surface area contributed by atoms with Crippen LogP contribution in [-0.2, 0) is 11.2 Å². The van der Waals surface area contributed by atoms with Crippen molar-refractivity contribution in [1.82, 2.24) is 9.55 Å². The zero-order valence-electron chi connectivity index (χ0n) is 10.2. The topological polar surface area (TPSA) is 121 Å². The largest absolute Gasteiger partial charge is 0.397 e. The van der Waals surface area contributed by atoms with Crippen LogP contribution in [0.5, 0.6) is 0 Å². The molecule has 0 unspecified atom stereocenters. The molecule has 0 saturated heterocycles. The molecule has 1 aliphatic heterocycles. The number of nitrogens with zero attached hydrogens (tertiary/aromatic N) is 4. The molecule has 20 heavy (non-hydrogen) atoms. The van der Waals surface area contributed by atoms with E-state index in [0.717, 1.165) is 5.56 Å². The smallest absolute Gasteiger partial charge is 0.228 e. The second kappa shape index (κ2) is 4.11. The lowest BCUT2D eigenvalue weighted by Crippen LogP contribution is -2.04. The Kier molecular flexibility index (Phi) is 2.41. The summed E-state index contributed by atoms with van der Waals surface area (Å²) in [6.07, 6.45) is 1.66. The van der Waals surface area contributed by atoms with Crippen molar-refractivity contribution < 1.29 is 4.79 Å². The lowest BCUT2D eigenvalue weighted by atomic mass is 10.1. The van der Waals surface area contributed by atoms with Crippen molar-refractivity contribution in [2.24, 2.45) is 0 Å². The van der Waals surface area contributed by atoms with Gasteiger partial charge >= 0.3 is 0 Å². The molecule has 0 fully saturated rings. The fourth-order valence-corrected chi connectivity index (χ4v) is 2.21. The number of imidazole rings is 1. The molecule has 2 heterocycles. The van der Waals surface area contributed by atoms with Crippen LogP contribution in [0.4, 0.5) is 11.4 Å². The van der Waals surface area contributed by atoms with E-state index < -0.39 is 0 Å². The molecule has 7 nitrogen and oxygen atoms in total. The highest BCUT2D eigenvalue weighted by atomic mass is 16.1. The third-order valence-corrected chi connectivity index (χ3v) is 3.12. The van der Waals surface area contributed by atoms with Gasteiger partial charge < -0.3 is 11.1 Å². The molecule has 7 heteroatoms. The van der Waals surface area contributed by atoms with E-state index in [1.165, 1.54) is 10.9 Å². The SMILES string of the molecule is N#Cc1ncn(-c2cc3c(cc2N)CC(=O)N3)c1C#N. The maximum absolute atomic E-state index is 11.4. The van der Waals surface area contributed by atoms with Crippen LogP contribution >= 0.6 is 0 Å². The first kappa shape index (κ1) is 11.8. The molecule has 0 aliphatic carbocycles. The first-order valence-electron chi connectivity index (χ1n) is 5.74. The maximum atomic E-state index is 11.4. The van der Waals surface area contributed by atoms with Gasteiger partial charge in [-0.3, -0.25) is 9.36 Å². The molecule has 1 amide bonds. The lowest BCUT2D eigenvalue weighted by Gasteiger charge is -2.10. The van der Waals surface area contributed by atoms with E-state index in [1.807, 2.05) is 12.1 Å². The Balaban J connectivity index is 2.20. The van der Waals surface area contributed by atoms with E-state index in [1.54, 1.807) is 12.1 Å². The van der Waals surface area contributed by atoms with Gasteiger partial charge in [-0.2, -0.15) is 10.5 Å². The molecule has 1 aromatic heterocycles. The fourth-order valence-electron chi connectivity index (χ4n) is 2.21. The number of fused-ring (bicyclic) bond motifs is 1. The van der Waals surface area contributed by atoms with Crippen LogP contribution < -0.4 is 11.1 Å². The van der Waals surface area contributed by atoms with Crippen LogP contribution in [0.15, 0.2) is 18.5 Å². The monoisotopic (exact) mass is 264 g/mol. The molecule has 2 aromatic rings. The lowest BCUT2D eigenvalue weighted by molar-refractivity contribution is -0.115. The summed E-state index contributed by atoms with van der Waals surface area (Å²) in [5.41, 5.74) is 8.52. The summed E-state index contributed by atoms with van der Waals surface area (Å²) in [4.78, 5) is 15.2. The van der Waals surface area contributed by atoms with Gasteiger partial charge in [0.25, 0.3) is 0 Å². The number of hydrogen-bond donors (Lipinski definition) is 2. The van der Waals surface area contributed by atoms with Gasteiger partial charge in [-0.05, 0) is 17.7 Å². The van der Waals surface area contributed by atoms with Gasteiger partial charge in [0.2, 0.25) is 5.91 Å². The van der Waals surface area contributed by atoms with Gasteiger partial charge in [0.05, 0.1) is 17.8 Å². The van der Waals surface area contributed by atoms with E-state index in [2.05, 4.69) is 10.3 Å². The van der Waals surface area contributed by atoms with Crippen LogP contribution in [0.1, 0.15) is 17.0 Å². The van der Waals surface area contributed by atoms with Crippen molar-refractivity contribution in [2.75, 3.05) is 11.1 Å². The molecule has 3 rings (SSSR count). The number of nitrogens with two attached hydrogens (primary N) is 1. The number of nitriles is 2. The molecule has 96 valence electrons. The first-order valence-corrected chi connectivity index (χ1v) is 5.74. The number of amides is 1. The maximum Gasteiger partial charge on any atom is 0.228 e. The quantitative estimate of drug-likeness (QED) is 0.734. The number of carbonyl (C=O) groups excluding carboxylic acids is 1. The molecule has 0 saturated carbocycles. The average molecular weight is 264 g/mol. The van der Waals surface area contributed by atoms with Crippen LogP contribution in [0.25, 0.3) is 5.69 Å². The number of anilines is 2. The number of rotatable bonds is 1. The Morgan fingerprint density at radius 1 is 1.35 bits per heavy atom. The van der Waals surface area contributed by atoms with Crippen molar-refractivity contribution >= 4 is 17.3 Å². The molecular weight excluding hydrogens is 256 g/mol. The van der Waals surface area contributed by atoms with E-state index in [4.69, 9.17) is 16.3 Å². The third kappa shape index (κ3) is 1.58. The van der Waals surface area contributed by atoms with Gasteiger partial charge in [-0.25, -0.2) is 4.98 Å². The summed E-state index contributed by atoms with van der Waals surface area (Å²) in [5.74, 6) is -0.0969. The Labute approximate surface area is 113 Å². The summed E-state index contributed by atoms with van der Waals surface area (Å²) >= 11 is 0. The Morgan fingerprint density at radius 2 is 2.15 bits per heavy atom.